The molecule has 0 aliphatic carbocycles. The Labute approximate surface area is 189 Å². The van der Waals surface area contributed by atoms with E-state index in [1.165, 1.54) is 11.3 Å². The third-order valence-electron chi connectivity index (χ3n) is 4.76. The van der Waals surface area contributed by atoms with E-state index in [4.69, 9.17) is 28.2 Å². The molecule has 154 valence electrons. The van der Waals surface area contributed by atoms with Gasteiger partial charge < -0.3 is 4.90 Å². The number of carbonyl (C=O) groups is 1. The van der Waals surface area contributed by atoms with Crippen molar-refractivity contribution in [3.05, 3.63) is 52.0 Å². The van der Waals surface area contributed by atoms with Crippen LogP contribution in [0.1, 0.15) is 24.2 Å². The van der Waals surface area contributed by atoms with E-state index in [-0.39, 0.29) is 5.91 Å². The maximum Gasteiger partial charge on any atom is 0.261 e. The van der Waals surface area contributed by atoms with Crippen molar-refractivity contribution in [2.75, 3.05) is 37.3 Å². The lowest BCUT2D eigenvalue weighted by Crippen LogP contribution is -2.39. The van der Waals surface area contributed by atoms with Crippen LogP contribution in [-0.4, -0.2) is 48.2 Å². The fourth-order valence-corrected chi connectivity index (χ4v) is 5.08. The summed E-state index contributed by atoms with van der Waals surface area (Å²) >= 11 is 15.6. The first-order valence-corrected chi connectivity index (χ1v) is 12.2. The van der Waals surface area contributed by atoms with Crippen molar-refractivity contribution in [3.8, 4) is 0 Å². The summed E-state index contributed by atoms with van der Waals surface area (Å²) in [5.41, 5.74) is 1.32. The summed E-state index contributed by atoms with van der Waals surface area (Å²) in [7, 11) is 0. The van der Waals surface area contributed by atoms with Gasteiger partial charge in [-0.15, -0.1) is 11.8 Å². The number of amides is 1. The minimum absolute atomic E-state index is 0.186. The van der Waals surface area contributed by atoms with Crippen LogP contribution in [0.2, 0.25) is 10.0 Å². The number of aromatic nitrogens is 1. The molecule has 4 nitrogen and oxygen atoms in total. The maximum absolute atomic E-state index is 13.5. The van der Waals surface area contributed by atoms with Crippen LogP contribution in [0.25, 0.3) is 10.2 Å². The Bertz CT molecular complexity index is 1000. The van der Waals surface area contributed by atoms with Gasteiger partial charge in [-0.1, -0.05) is 54.5 Å². The molecule has 0 N–H and O–H groups in total. The second kappa shape index (κ2) is 10.1. The summed E-state index contributed by atoms with van der Waals surface area (Å²) in [5, 5.41) is 1.54. The first-order valence-electron chi connectivity index (χ1n) is 9.41. The molecular formula is C21H23Cl2N3OS2. The Kier molecular flexibility index (Phi) is 7.82. The second-order valence-electron chi connectivity index (χ2n) is 6.41. The summed E-state index contributed by atoms with van der Waals surface area (Å²) in [5.74, 6) is -0.186. The third kappa shape index (κ3) is 5.06. The van der Waals surface area contributed by atoms with Gasteiger partial charge in [-0.3, -0.25) is 9.69 Å². The lowest BCUT2D eigenvalue weighted by atomic mass is 10.2. The molecule has 2 aromatic carbocycles. The molecule has 0 unspecified atom stereocenters. The van der Waals surface area contributed by atoms with Crippen molar-refractivity contribution in [1.82, 2.24) is 9.88 Å². The molecular weight excluding hydrogens is 445 g/mol. The zero-order valence-electron chi connectivity index (χ0n) is 16.6. The van der Waals surface area contributed by atoms with Gasteiger partial charge in [0.1, 0.15) is 0 Å². The average Bonchev–Trinajstić information content (AvgIpc) is 3.16. The molecule has 0 atom stereocenters. The highest BCUT2D eigenvalue weighted by molar-refractivity contribution is 7.98. The number of nitrogens with zero attached hydrogens (tertiary/aromatic N) is 3. The number of thiazole rings is 1. The van der Waals surface area contributed by atoms with Gasteiger partial charge in [0.25, 0.3) is 5.91 Å². The Morgan fingerprint density at radius 3 is 2.59 bits per heavy atom. The molecule has 0 aliphatic rings. The summed E-state index contributed by atoms with van der Waals surface area (Å²) in [6.45, 7) is 7.36. The number of benzene rings is 2. The first kappa shape index (κ1) is 22.4. The highest BCUT2D eigenvalue weighted by Gasteiger charge is 2.24. The molecule has 3 rings (SSSR count). The van der Waals surface area contributed by atoms with Crippen molar-refractivity contribution in [2.45, 2.75) is 18.7 Å². The van der Waals surface area contributed by atoms with E-state index >= 15 is 0 Å². The summed E-state index contributed by atoms with van der Waals surface area (Å²) in [4.78, 5) is 23.4. The fourth-order valence-electron chi connectivity index (χ4n) is 3.06. The van der Waals surface area contributed by atoms with Crippen LogP contribution in [0.15, 0.2) is 41.3 Å². The molecule has 1 aromatic heterocycles. The quantitative estimate of drug-likeness (QED) is 0.363. The third-order valence-corrected chi connectivity index (χ3v) is 7.14. The predicted octanol–water partition coefficient (Wildman–Crippen LogP) is 6.31. The van der Waals surface area contributed by atoms with Crippen molar-refractivity contribution in [1.29, 1.82) is 0 Å². The van der Waals surface area contributed by atoms with Crippen molar-refractivity contribution >= 4 is 67.6 Å². The van der Waals surface area contributed by atoms with Gasteiger partial charge in [0.05, 0.1) is 20.8 Å². The normalized spacial score (nSPS) is 11.4. The number of hydrogen-bond donors (Lipinski definition) is 0. The van der Waals surface area contributed by atoms with E-state index in [1.807, 2.05) is 24.5 Å². The molecule has 0 spiro atoms. The standard InChI is InChI=1S/C21H23Cl2N3OS2/c1-4-25(5-2)11-12-26(20(27)15-13-14(22)9-10-16(15)23)21-24-19-17(28-3)7-6-8-18(19)29-21/h6-10,13H,4-5,11-12H2,1-3H3. The van der Waals surface area contributed by atoms with Gasteiger partial charge in [-0.2, -0.15) is 0 Å². The largest absolute Gasteiger partial charge is 0.302 e. The zero-order valence-corrected chi connectivity index (χ0v) is 19.8. The molecule has 0 bridgehead atoms. The highest BCUT2D eigenvalue weighted by atomic mass is 35.5. The lowest BCUT2D eigenvalue weighted by Gasteiger charge is -2.25. The van der Waals surface area contributed by atoms with Crippen LogP contribution < -0.4 is 4.90 Å². The van der Waals surface area contributed by atoms with Gasteiger partial charge in [-0.25, -0.2) is 4.98 Å². The molecule has 29 heavy (non-hydrogen) atoms. The number of fused-ring (bicyclic) bond motifs is 1. The predicted molar refractivity (Wildman–Crippen MR) is 127 cm³/mol. The SMILES string of the molecule is CCN(CC)CCN(C(=O)c1cc(Cl)ccc1Cl)c1nc2c(SC)cccc2s1. The van der Waals surface area contributed by atoms with Crippen molar-refractivity contribution < 1.29 is 4.79 Å². The first-order chi connectivity index (χ1) is 14.0. The molecule has 3 aromatic rings. The van der Waals surface area contributed by atoms with E-state index in [0.29, 0.717) is 27.3 Å². The molecule has 0 saturated carbocycles. The van der Waals surface area contributed by atoms with E-state index < -0.39 is 0 Å². The summed E-state index contributed by atoms with van der Waals surface area (Å²) in [6.07, 6.45) is 2.03. The smallest absolute Gasteiger partial charge is 0.261 e. The number of para-hydroxylation sites is 1. The van der Waals surface area contributed by atoms with Gasteiger partial charge in [0, 0.05) is 23.0 Å². The molecule has 0 aliphatic heterocycles. The monoisotopic (exact) mass is 467 g/mol. The number of hydrogen-bond acceptors (Lipinski definition) is 5. The molecule has 0 radical (unpaired) electrons. The van der Waals surface area contributed by atoms with Crippen LogP contribution in [0.3, 0.4) is 0 Å². The van der Waals surface area contributed by atoms with Crippen LogP contribution in [0.4, 0.5) is 5.13 Å². The van der Waals surface area contributed by atoms with Crippen molar-refractivity contribution in [3.63, 3.8) is 0 Å². The van der Waals surface area contributed by atoms with E-state index in [0.717, 1.165) is 34.7 Å². The van der Waals surface area contributed by atoms with Crippen LogP contribution in [-0.2, 0) is 0 Å². The number of anilines is 1. The molecule has 8 heteroatoms. The van der Waals surface area contributed by atoms with Crippen molar-refractivity contribution in [2.24, 2.45) is 0 Å². The number of halogens is 2. The Morgan fingerprint density at radius 2 is 1.90 bits per heavy atom. The number of rotatable bonds is 8. The number of likely N-dealkylation sites (N-methyl/N-ethyl adjacent to an activating group) is 1. The van der Waals surface area contributed by atoms with Crippen LogP contribution in [0.5, 0.6) is 0 Å². The van der Waals surface area contributed by atoms with Gasteiger partial charge in [0.15, 0.2) is 5.13 Å². The Balaban J connectivity index is 2.03. The highest BCUT2D eigenvalue weighted by Crippen LogP contribution is 2.35. The fraction of sp³-hybridized carbons (Fsp3) is 0.333. The van der Waals surface area contributed by atoms with E-state index in [2.05, 4.69) is 18.7 Å². The zero-order chi connectivity index (χ0) is 21.0. The molecule has 0 saturated heterocycles. The number of thioether (sulfide) groups is 1. The topological polar surface area (TPSA) is 36.4 Å². The minimum Gasteiger partial charge on any atom is -0.302 e. The van der Waals surface area contributed by atoms with Gasteiger partial charge in [0.2, 0.25) is 0 Å². The van der Waals surface area contributed by atoms with Crippen LogP contribution >= 0.6 is 46.3 Å². The summed E-state index contributed by atoms with van der Waals surface area (Å²) < 4.78 is 1.06. The van der Waals surface area contributed by atoms with Crippen LogP contribution in [0, 0.1) is 0 Å². The van der Waals surface area contributed by atoms with Gasteiger partial charge in [-0.05, 0) is 49.7 Å². The van der Waals surface area contributed by atoms with E-state index in [9.17, 15) is 4.79 Å². The minimum atomic E-state index is -0.186. The molecule has 1 amide bonds. The number of carbonyl (C=O) groups excluding carboxylic acids is 1. The average molecular weight is 468 g/mol. The maximum atomic E-state index is 13.5. The second-order valence-corrected chi connectivity index (χ2v) is 9.11. The van der Waals surface area contributed by atoms with Gasteiger partial charge >= 0.3 is 0 Å². The van der Waals surface area contributed by atoms with E-state index in [1.54, 1.807) is 34.9 Å². The molecule has 1 heterocycles. The molecule has 0 fully saturated rings. The lowest BCUT2D eigenvalue weighted by molar-refractivity contribution is 0.0984. The Hall–Kier alpha value is -1.31. The summed E-state index contributed by atoms with van der Waals surface area (Å²) in [6, 6.07) is 11.1. The Morgan fingerprint density at radius 1 is 1.14 bits per heavy atom.